The standard InChI is InChI=1S/C33H67/c1-4-7-10-12-14-16-18-20-22-24-26-28-31-33(30-9-6-3)32-29-27-25-23-21-19-17-15-13-11-8-5-2/h33H,3-32H2,1-2H3. The third-order valence-electron chi connectivity index (χ3n) is 7.79. The number of hydrogen-bond acceptors (Lipinski definition) is 0. The molecule has 0 saturated carbocycles. The Morgan fingerprint density at radius 2 is 0.576 bits per heavy atom. The van der Waals surface area contributed by atoms with E-state index in [4.69, 9.17) is 0 Å². The second-order valence-electron chi connectivity index (χ2n) is 11.2. The molecular formula is C33H67. The first-order valence-electron chi connectivity index (χ1n) is 16.1. The molecule has 0 aliphatic rings. The van der Waals surface area contributed by atoms with Gasteiger partial charge >= 0.3 is 0 Å². The molecule has 0 aliphatic carbocycles. The van der Waals surface area contributed by atoms with Crippen molar-refractivity contribution in [2.45, 2.75) is 200 Å². The Labute approximate surface area is 212 Å². The predicted molar refractivity (Wildman–Crippen MR) is 154 cm³/mol. The van der Waals surface area contributed by atoms with Crippen molar-refractivity contribution in [1.82, 2.24) is 0 Å². The van der Waals surface area contributed by atoms with Crippen molar-refractivity contribution in [3.63, 3.8) is 0 Å². The quantitative estimate of drug-likeness (QED) is 0.0967. The highest BCUT2D eigenvalue weighted by Crippen LogP contribution is 2.24. The van der Waals surface area contributed by atoms with Crippen LogP contribution in [0.25, 0.3) is 0 Å². The Kier molecular flexibility index (Phi) is 30.0. The summed E-state index contributed by atoms with van der Waals surface area (Å²) in [5, 5.41) is 0. The number of rotatable bonds is 29. The lowest BCUT2D eigenvalue weighted by atomic mass is 9.90. The molecule has 0 fully saturated rings. The Hall–Kier alpha value is 0. The summed E-state index contributed by atoms with van der Waals surface area (Å²) in [6.45, 7) is 8.71. The van der Waals surface area contributed by atoms with Gasteiger partial charge in [-0.15, -0.1) is 0 Å². The fourth-order valence-electron chi connectivity index (χ4n) is 5.41. The van der Waals surface area contributed by atoms with Crippen LogP contribution in [0.5, 0.6) is 0 Å². The van der Waals surface area contributed by atoms with E-state index in [1.54, 1.807) is 0 Å². The van der Waals surface area contributed by atoms with Gasteiger partial charge in [-0.2, -0.15) is 0 Å². The largest absolute Gasteiger partial charge is 0.0654 e. The molecule has 0 aromatic carbocycles. The third kappa shape index (κ3) is 28.1. The number of unbranched alkanes of at least 4 members (excludes halogenated alkanes) is 23. The third-order valence-corrected chi connectivity index (χ3v) is 7.79. The van der Waals surface area contributed by atoms with Crippen LogP contribution in [0.1, 0.15) is 200 Å². The molecule has 0 aromatic heterocycles. The Morgan fingerprint density at radius 3 is 0.848 bits per heavy atom. The normalized spacial score (nSPS) is 11.6. The van der Waals surface area contributed by atoms with Gasteiger partial charge in [-0.05, 0) is 5.92 Å². The monoisotopic (exact) mass is 464 g/mol. The van der Waals surface area contributed by atoms with E-state index in [1.807, 2.05) is 0 Å². The zero-order valence-electron chi connectivity index (χ0n) is 23.8. The second-order valence-corrected chi connectivity index (χ2v) is 11.2. The van der Waals surface area contributed by atoms with Crippen LogP contribution < -0.4 is 0 Å². The molecule has 0 atom stereocenters. The van der Waals surface area contributed by atoms with E-state index < -0.39 is 0 Å². The molecular weight excluding hydrogens is 396 g/mol. The average molecular weight is 464 g/mol. The molecule has 0 spiro atoms. The van der Waals surface area contributed by atoms with Crippen molar-refractivity contribution in [3.8, 4) is 0 Å². The van der Waals surface area contributed by atoms with Gasteiger partial charge in [0.2, 0.25) is 0 Å². The molecule has 33 heavy (non-hydrogen) atoms. The minimum atomic E-state index is 0.998. The van der Waals surface area contributed by atoms with Gasteiger partial charge in [-0.25, -0.2) is 0 Å². The predicted octanol–water partition coefficient (Wildman–Crippen LogP) is 12.8. The lowest BCUT2D eigenvalue weighted by Crippen LogP contribution is -2.01. The van der Waals surface area contributed by atoms with Crippen molar-refractivity contribution in [2.24, 2.45) is 5.92 Å². The zero-order valence-corrected chi connectivity index (χ0v) is 23.8. The highest BCUT2D eigenvalue weighted by Gasteiger charge is 2.08. The summed E-state index contributed by atoms with van der Waals surface area (Å²) < 4.78 is 0. The molecule has 0 aliphatic heterocycles. The van der Waals surface area contributed by atoms with Crippen LogP contribution in [0.15, 0.2) is 0 Å². The summed E-state index contributed by atoms with van der Waals surface area (Å²) >= 11 is 0. The Bertz CT molecular complexity index is 292. The van der Waals surface area contributed by atoms with Gasteiger partial charge in [0, 0.05) is 0 Å². The fourth-order valence-corrected chi connectivity index (χ4v) is 5.41. The van der Waals surface area contributed by atoms with E-state index in [2.05, 4.69) is 20.8 Å². The topological polar surface area (TPSA) is 0 Å². The van der Waals surface area contributed by atoms with Crippen molar-refractivity contribution in [2.75, 3.05) is 0 Å². The first-order valence-corrected chi connectivity index (χ1v) is 16.1. The fraction of sp³-hybridized carbons (Fsp3) is 0.970. The van der Waals surface area contributed by atoms with Gasteiger partial charge in [0.05, 0.1) is 0 Å². The van der Waals surface area contributed by atoms with Gasteiger partial charge in [-0.3, -0.25) is 0 Å². The van der Waals surface area contributed by atoms with Gasteiger partial charge < -0.3 is 0 Å². The van der Waals surface area contributed by atoms with E-state index in [0.717, 1.165) is 12.3 Å². The minimum absolute atomic E-state index is 0.998. The smallest absolute Gasteiger partial charge is 0.0414 e. The number of hydrogen-bond donors (Lipinski definition) is 0. The summed E-state index contributed by atoms with van der Waals surface area (Å²) in [6.07, 6.45) is 42.1. The van der Waals surface area contributed by atoms with Gasteiger partial charge in [0.1, 0.15) is 0 Å². The van der Waals surface area contributed by atoms with Crippen LogP contribution in [-0.4, -0.2) is 0 Å². The molecule has 199 valence electrons. The first-order chi connectivity index (χ1) is 16.3. The van der Waals surface area contributed by atoms with Crippen LogP contribution in [-0.2, 0) is 0 Å². The summed E-state index contributed by atoms with van der Waals surface area (Å²) in [5.41, 5.74) is 0. The molecule has 0 N–H and O–H groups in total. The van der Waals surface area contributed by atoms with E-state index in [0.29, 0.717) is 0 Å². The van der Waals surface area contributed by atoms with Crippen LogP contribution >= 0.6 is 0 Å². The molecule has 1 radical (unpaired) electrons. The summed E-state index contributed by atoms with van der Waals surface area (Å²) in [7, 11) is 0. The molecule has 0 heterocycles. The minimum Gasteiger partial charge on any atom is -0.0654 e. The molecule has 0 rings (SSSR count). The molecule has 0 nitrogen and oxygen atoms in total. The molecule has 0 bridgehead atoms. The van der Waals surface area contributed by atoms with Crippen molar-refractivity contribution in [1.29, 1.82) is 0 Å². The molecule has 0 aromatic rings. The summed E-state index contributed by atoms with van der Waals surface area (Å²) in [5.74, 6) is 0.998. The molecule has 0 unspecified atom stereocenters. The van der Waals surface area contributed by atoms with Crippen LogP contribution in [0.2, 0.25) is 0 Å². The van der Waals surface area contributed by atoms with Gasteiger partial charge in [-0.1, -0.05) is 207 Å². The van der Waals surface area contributed by atoms with Gasteiger partial charge in [0.15, 0.2) is 0 Å². The summed E-state index contributed by atoms with van der Waals surface area (Å²) in [6, 6.07) is 0. The van der Waals surface area contributed by atoms with Crippen molar-refractivity contribution >= 4 is 0 Å². The van der Waals surface area contributed by atoms with Gasteiger partial charge in [0.25, 0.3) is 0 Å². The Balaban J connectivity index is 3.49. The van der Waals surface area contributed by atoms with E-state index in [-0.39, 0.29) is 0 Å². The van der Waals surface area contributed by atoms with E-state index in [1.165, 1.54) is 180 Å². The highest BCUT2D eigenvalue weighted by atomic mass is 14.1. The van der Waals surface area contributed by atoms with E-state index in [9.17, 15) is 0 Å². The molecule has 0 amide bonds. The van der Waals surface area contributed by atoms with Crippen LogP contribution in [0.3, 0.4) is 0 Å². The maximum absolute atomic E-state index is 4.09. The SMILES string of the molecule is [CH2]CCCC(CCCCCCCCCCCCCC)CCCCCCCCCCCCCC. The highest BCUT2D eigenvalue weighted by molar-refractivity contribution is 4.62. The maximum atomic E-state index is 4.09. The maximum Gasteiger partial charge on any atom is -0.0414 e. The lowest BCUT2D eigenvalue weighted by Gasteiger charge is -2.16. The summed E-state index contributed by atoms with van der Waals surface area (Å²) in [4.78, 5) is 0. The molecule has 0 heteroatoms. The zero-order chi connectivity index (χ0) is 24.1. The molecule has 0 saturated heterocycles. The average Bonchev–Trinajstić information content (AvgIpc) is 2.83. The Morgan fingerprint density at radius 1 is 0.333 bits per heavy atom. The second kappa shape index (κ2) is 30.0. The lowest BCUT2D eigenvalue weighted by molar-refractivity contribution is 0.372. The van der Waals surface area contributed by atoms with Crippen molar-refractivity contribution < 1.29 is 0 Å². The van der Waals surface area contributed by atoms with E-state index >= 15 is 0 Å². The van der Waals surface area contributed by atoms with Crippen LogP contribution in [0, 0.1) is 12.8 Å². The van der Waals surface area contributed by atoms with Crippen LogP contribution in [0.4, 0.5) is 0 Å². The van der Waals surface area contributed by atoms with Crippen molar-refractivity contribution in [3.05, 3.63) is 6.92 Å². The first kappa shape index (κ1) is 33.0.